The second-order valence-electron chi connectivity index (χ2n) is 4.35. The first-order valence-electron chi connectivity index (χ1n) is 5.71. The van der Waals surface area contributed by atoms with Gasteiger partial charge in [-0.25, -0.2) is 0 Å². The summed E-state index contributed by atoms with van der Waals surface area (Å²) in [6.45, 7) is 0.416. The Labute approximate surface area is 99.8 Å². The first-order valence-corrected chi connectivity index (χ1v) is 6.83. The van der Waals surface area contributed by atoms with Crippen LogP contribution in [0.5, 0.6) is 0 Å². The minimum Gasteiger partial charge on any atom is -0.388 e. The molecule has 0 aliphatic heterocycles. The molecule has 0 heterocycles. The average Bonchev–Trinajstić information content (AvgIpc) is 2.42. The molecule has 1 amide bonds. The molecule has 1 aliphatic rings. The van der Waals surface area contributed by atoms with Gasteiger partial charge in [0, 0.05) is 18.3 Å². The van der Waals surface area contributed by atoms with E-state index >= 15 is 0 Å². The highest BCUT2D eigenvalue weighted by atomic mass is 79.9. The molecule has 1 saturated carbocycles. The molecule has 0 spiro atoms. The number of alkyl halides is 1. The van der Waals surface area contributed by atoms with Crippen molar-refractivity contribution < 1.29 is 9.90 Å². The van der Waals surface area contributed by atoms with Crippen molar-refractivity contribution in [3.05, 3.63) is 0 Å². The molecule has 2 N–H and O–H groups in total. The van der Waals surface area contributed by atoms with E-state index in [1.54, 1.807) is 0 Å². The fourth-order valence-corrected chi connectivity index (χ4v) is 2.36. The van der Waals surface area contributed by atoms with Gasteiger partial charge >= 0.3 is 0 Å². The summed E-state index contributed by atoms with van der Waals surface area (Å²) in [5.41, 5.74) is -0.654. The third-order valence-electron chi connectivity index (χ3n) is 2.97. The fraction of sp³-hybridized carbons (Fsp3) is 0.909. The van der Waals surface area contributed by atoms with Crippen LogP contribution in [0.1, 0.15) is 44.9 Å². The van der Waals surface area contributed by atoms with Gasteiger partial charge in [0.05, 0.1) is 5.60 Å². The first-order chi connectivity index (χ1) is 7.16. The highest BCUT2D eigenvalue weighted by molar-refractivity contribution is 9.09. The Kier molecular flexibility index (Phi) is 5.61. The molecule has 0 atom stereocenters. The Morgan fingerprint density at radius 2 is 1.87 bits per heavy atom. The van der Waals surface area contributed by atoms with Crippen LogP contribution < -0.4 is 5.32 Å². The van der Waals surface area contributed by atoms with Gasteiger partial charge in [0.25, 0.3) is 0 Å². The van der Waals surface area contributed by atoms with Crippen LogP contribution in [0.25, 0.3) is 0 Å². The molecule has 88 valence electrons. The van der Waals surface area contributed by atoms with Crippen LogP contribution in [0.4, 0.5) is 0 Å². The molecule has 0 bridgehead atoms. The molecule has 1 rings (SSSR count). The molecular formula is C11H20BrNO2. The summed E-state index contributed by atoms with van der Waals surface area (Å²) >= 11 is 3.22. The third kappa shape index (κ3) is 4.98. The Balaban J connectivity index is 2.30. The Morgan fingerprint density at radius 3 is 2.40 bits per heavy atom. The monoisotopic (exact) mass is 277 g/mol. The van der Waals surface area contributed by atoms with Gasteiger partial charge in [0.15, 0.2) is 0 Å². The molecule has 1 aliphatic carbocycles. The number of hydrogen-bond acceptors (Lipinski definition) is 2. The minimum absolute atomic E-state index is 0.0181. The minimum atomic E-state index is -0.654. The second kappa shape index (κ2) is 6.48. The summed E-state index contributed by atoms with van der Waals surface area (Å²) < 4.78 is 0. The van der Waals surface area contributed by atoms with Crippen LogP contribution in [0.15, 0.2) is 0 Å². The van der Waals surface area contributed by atoms with Crippen molar-refractivity contribution in [1.82, 2.24) is 5.32 Å². The van der Waals surface area contributed by atoms with Crippen molar-refractivity contribution in [3.8, 4) is 0 Å². The van der Waals surface area contributed by atoms with Crippen molar-refractivity contribution in [3.63, 3.8) is 0 Å². The predicted octanol–water partition coefficient (Wildman–Crippen LogP) is 1.97. The summed E-state index contributed by atoms with van der Waals surface area (Å²) in [6.07, 6.45) is 6.68. The smallest absolute Gasteiger partial charge is 0.220 e. The molecule has 0 unspecified atom stereocenters. The maximum atomic E-state index is 11.3. The molecule has 0 aromatic heterocycles. The molecule has 15 heavy (non-hydrogen) atoms. The number of nitrogens with one attached hydrogen (secondary N) is 1. The van der Waals surface area contributed by atoms with Crippen LogP contribution in [-0.4, -0.2) is 28.5 Å². The van der Waals surface area contributed by atoms with Crippen molar-refractivity contribution >= 4 is 21.8 Å². The van der Waals surface area contributed by atoms with Crippen molar-refractivity contribution in [2.24, 2.45) is 0 Å². The lowest BCUT2D eigenvalue weighted by atomic mass is 9.94. The predicted molar refractivity (Wildman–Crippen MR) is 64.1 cm³/mol. The number of carbonyl (C=O) groups is 1. The molecule has 0 aromatic rings. The highest BCUT2D eigenvalue weighted by Gasteiger charge is 2.28. The van der Waals surface area contributed by atoms with E-state index in [0.29, 0.717) is 18.3 Å². The number of carbonyl (C=O) groups excluding carboxylic acids is 1. The summed E-state index contributed by atoms with van der Waals surface area (Å²) in [6, 6.07) is 0. The third-order valence-corrected chi connectivity index (χ3v) is 3.37. The number of aliphatic hydroxyl groups is 1. The van der Waals surface area contributed by atoms with Gasteiger partial charge in [-0.05, 0) is 12.8 Å². The lowest BCUT2D eigenvalue weighted by molar-refractivity contribution is -0.122. The van der Waals surface area contributed by atoms with Crippen LogP contribution in [0, 0.1) is 0 Å². The van der Waals surface area contributed by atoms with E-state index in [0.717, 1.165) is 25.7 Å². The Morgan fingerprint density at radius 1 is 1.27 bits per heavy atom. The zero-order chi connectivity index (χ0) is 11.1. The summed E-state index contributed by atoms with van der Waals surface area (Å²) in [4.78, 5) is 11.3. The molecule has 1 fully saturated rings. The molecule has 4 heteroatoms. The number of amides is 1. The van der Waals surface area contributed by atoms with Gasteiger partial charge in [-0.15, -0.1) is 0 Å². The number of halogens is 1. The lowest BCUT2D eigenvalue weighted by Crippen LogP contribution is -2.42. The Hall–Kier alpha value is -0.0900. The van der Waals surface area contributed by atoms with Crippen LogP contribution in [0.2, 0.25) is 0 Å². The molecule has 0 aromatic carbocycles. The zero-order valence-corrected chi connectivity index (χ0v) is 10.7. The lowest BCUT2D eigenvalue weighted by Gasteiger charge is -2.26. The summed E-state index contributed by atoms with van der Waals surface area (Å²) in [7, 11) is 0. The SMILES string of the molecule is O=C(CCBr)NCC1(O)CCCCCC1. The van der Waals surface area contributed by atoms with E-state index in [4.69, 9.17) is 0 Å². The fourth-order valence-electron chi connectivity index (χ4n) is 2.00. The van der Waals surface area contributed by atoms with Gasteiger partial charge < -0.3 is 10.4 Å². The quantitative estimate of drug-likeness (QED) is 0.610. The van der Waals surface area contributed by atoms with E-state index in [1.807, 2.05) is 0 Å². The van der Waals surface area contributed by atoms with Gasteiger partial charge in [0.2, 0.25) is 5.91 Å². The van der Waals surface area contributed by atoms with Crippen LogP contribution in [-0.2, 0) is 4.79 Å². The van der Waals surface area contributed by atoms with Crippen molar-refractivity contribution in [2.45, 2.75) is 50.5 Å². The number of hydrogen-bond donors (Lipinski definition) is 2. The van der Waals surface area contributed by atoms with Crippen molar-refractivity contribution in [1.29, 1.82) is 0 Å². The zero-order valence-electron chi connectivity index (χ0n) is 9.10. The Bertz CT molecular complexity index is 201. The van der Waals surface area contributed by atoms with E-state index in [1.165, 1.54) is 12.8 Å². The standard InChI is InChI=1S/C11H20BrNO2/c12-8-5-10(14)13-9-11(15)6-3-1-2-4-7-11/h15H,1-9H2,(H,13,14). The topological polar surface area (TPSA) is 49.3 Å². The number of rotatable bonds is 4. The van der Waals surface area contributed by atoms with Gasteiger partial charge in [-0.1, -0.05) is 41.6 Å². The largest absolute Gasteiger partial charge is 0.388 e. The summed E-state index contributed by atoms with van der Waals surface area (Å²) in [5, 5.41) is 13.7. The van der Waals surface area contributed by atoms with Gasteiger partial charge in [-0.3, -0.25) is 4.79 Å². The van der Waals surface area contributed by atoms with E-state index in [2.05, 4.69) is 21.2 Å². The van der Waals surface area contributed by atoms with E-state index in [-0.39, 0.29) is 5.91 Å². The highest BCUT2D eigenvalue weighted by Crippen LogP contribution is 2.26. The summed E-state index contributed by atoms with van der Waals surface area (Å²) in [5.74, 6) is 0.0181. The normalized spacial score (nSPS) is 20.7. The maximum Gasteiger partial charge on any atom is 0.220 e. The van der Waals surface area contributed by atoms with E-state index < -0.39 is 5.60 Å². The average molecular weight is 278 g/mol. The van der Waals surface area contributed by atoms with Crippen molar-refractivity contribution in [2.75, 3.05) is 11.9 Å². The van der Waals surface area contributed by atoms with Gasteiger partial charge in [-0.2, -0.15) is 0 Å². The van der Waals surface area contributed by atoms with E-state index in [9.17, 15) is 9.90 Å². The van der Waals surface area contributed by atoms with Gasteiger partial charge in [0.1, 0.15) is 0 Å². The molecule has 0 radical (unpaired) electrons. The van der Waals surface area contributed by atoms with Crippen LogP contribution in [0.3, 0.4) is 0 Å². The maximum absolute atomic E-state index is 11.3. The first kappa shape index (κ1) is 13.0. The second-order valence-corrected chi connectivity index (χ2v) is 5.15. The molecular weight excluding hydrogens is 258 g/mol. The molecule has 3 nitrogen and oxygen atoms in total. The molecule has 0 saturated heterocycles. The van der Waals surface area contributed by atoms with Crippen LogP contribution >= 0.6 is 15.9 Å².